The lowest BCUT2D eigenvalue weighted by molar-refractivity contribution is 0.447. The molecule has 0 saturated carbocycles. The van der Waals surface area contributed by atoms with Gasteiger partial charge in [0.2, 0.25) is 0 Å². The van der Waals surface area contributed by atoms with Gasteiger partial charge >= 0.3 is 0 Å². The summed E-state index contributed by atoms with van der Waals surface area (Å²) in [5, 5.41) is 17.1. The highest BCUT2D eigenvalue weighted by molar-refractivity contribution is 7.98. The third-order valence-corrected chi connectivity index (χ3v) is 5.80. The maximum absolute atomic E-state index is 5.60. The maximum atomic E-state index is 5.60. The Kier molecular flexibility index (Phi) is 5.40. The summed E-state index contributed by atoms with van der Waals surface area (Å²) >= 11 is 2.96. The number of nitrogens with zero attached hydrogens (tertiary/aromatic N) is 4. The van der Waals surface area contributed by atoms with Crippen molar-refractivity contribution in [1.29, 1.82) is 0 Å². The zero-order chi connectivity index (χ0) is 20.2. The summed E-state index contributed by atoms with van der Waals surface area (Å²) in [7, 11) is 0. The predicted molar refractivity (Wildman–Crippen MR) is 110 cm³/mol. The Labute approximate surface area is 179 Å². The molecule has 0 bridgehead atoms. The van der Waals surface area contributed by atoms with Crippen molar-refractivity contribution in [3.63, 3.8) is 0 Å². The molecule has 5 rings (SSSR count). The van der Waals surface area contributed by atoms with Crippen molar-refractivity contribution >= 4 is 23.5 Å². The van der Waals surface area contributed by atoms with Gasteiger partial charge in [0.1, 0.15) is 0 Å². The van der Waals surface area contributed by atoms with Gasteiger partial charge in [-0.05, 0) is 35.4 Å². The van der Waals surface area contributed by atoms with Crippen LogP contribution in [0.5, 0.6) is 0 Å². The van der Waals surface area contributed by atoms with Crippen LogP contribution in [0.1, 0.15) is 11.1 Å². The molecule has 5 aromatic rings. The minimum absolute atomic E-state index is 0.381. The molecule has 4 aromatic heterocycles. The topological polar surface area (TPSA) is 104 Å². The van der Waals surface area contributed by atoms with Crippen LogP contribution in [0.15, 0.2) is 89.2 Å². The minimum atomic E-state index is 0.381. The lowest BCUT2D eigenvalue weighted by Crippen LogP contribution is -1.85. The van der Waals surface area contributed by atoms with E-state index in [1.54, 1.807) is 36.8 Å². The summed E-state index contributed by atoms with van der Waals surface area (Å²) < 4.78 is 21.7. The van der Waals surface area contributed by atoms with Gasteiger partial charge in [0.15, 0.2) is 11.5 Å². The summed E-state index contributed by atoms with van der Waals surface area (Å²) in [6.07, 6.45) is 3.14. The molecule has 1 aromatic carbocycles. The van der Waals surface area contributed by atoms with Crippen LogP contribution in [-0.4, -0.2) is 20.4 Å². The van der Waals surface area contributed by atoms with Gasteiger partial charge < -0.3 is 17.7 Å². The van der Waals surface area contributed by atoms with E-state index in [0.29, 0.717) is 33.7 Å². The molecule has 30 heavy (non-hydrogen) atoms. The second kappa shape index (κ2) is 8.64. The van der Waals surface area contributed by atoms with Gasteiger partial charge in [0.25, 0.3) is 22.2 Å². The van der Waals surface area contributed by atoms with E-state index in [0.717, 1.165) is 22.6 Å². The molecule has 0 radical (unpaired) electrons. The van der Waals surface area contributed by atoms with E-state index in [9.17, 15) is 0 Å². The molecule has 4 heterocycles. The highest BCUT2D eigenvalue weighted by atomic mass is 32.2. The predicted octanol–water partition coefficient (Wildman–Crippen LogP) is 5.56. The second-order valence-corrected chi connectivity index (χ2v) is 7.95. The fraction of sp³-hybridized carbons (Fsp3) is 0.100. The van der Waals surface area contributed by atoms with Gasteiger partial charge in [-0.1, -0.05) is 47.8 Å². The molecule has 0 aliphatic carbocycles. The van der Waals surface area contributed by atoms with Gasteiger partial charge in [-0.15, -0.1) is 20.4 Å². The lowest BCUT2D eigenvalue weighted by Gasteiger charge is -2.02. The van der Waals surface area contributed by atoms with Crippen LogP contribution in [0.25, 0.3) is 23.3 Å². The Bertz CT molecular complexity index is 1100. The van der Waals surface area contributed by atoms with Gasteiger partial charge in [-0.25, -0.2) is 0 Å². The van der Waals surface area contributed by atoms with E-state index in [-0.39, 0.29) is 0 Å². The van der Waals surface area contributed by atoms with Gasteiger partial charge in [-0.2, -0.15) is 0 Å². The van der Waals surface area contributed by atoms with Crippen molar-refractivity contribution in [3.8, 4) is 23.3 Å². The number of benzene rings is 1. The summed E-state index contributed by atoms with van der Waals surface area (Å²) in [6, 6.07) is 15.4. The fourth-order valence-corrected chi connectivity index (χ4v) is 4.00. The number of furan rings is 2. The van der Waals surface area contributed by atoms with E-state index in [4.69, 9.17) is 17.7 Å². The van der Waals surface area contributed by atoms with Crippen LogP contribution in [0.2, 0.25) is 0 Å². The molecule has 0 fully saturated rings. The number of aromatic nitrogens is 4. The van der Waals surface area contributed by atoms with Gasteiger partial charge in [-0.3, -0.25) is 0 Å². The molecule has 0 aliphatic heterocycles. The Morgan fingerprint density at radius 1 is 0.600 bits per heavy atom. The molecule has 0 saturated heterocycles. The van der Waals surface area contributed by atoms with E-state index < -0.39 is 0 Å². The second-order valence-electron chi connectivity index (χ2n) is 6.09. The average Bonchev–Trinajstić information content (AvgIpc) is 3.57. The first-order valence-corrected chi connectivity index (χ1v) is 10.9. The van der Waals surface area contributed by atoms with Crippen LogP contribution in [0.3, 0.4) is 0 Å². The number of thioether (sulfide) groups is 2. The average molecular weight is 438 g/mol. The number of hydrogen-bond acceptors (Lipinski definition) is 10. The molecule has 0 spiro atoms. The number of rotatable bonds is 8. The Balaban J connectivity index is 1.13. The normalized spacial score (nSPS) is 11.2. The summed E-state index contributed by atoms with van der Waals surface area (Å²) in [5.41, 5.74) is 2.31. The third kappa shape index (κ3) is 4.34. The SMILES string of the molecule is c1coc(-c2nnc(SCc3ccc(CSc4nnc(-c5ccco5)o4)cc3)o2)c1. The fourth-order valence-electron chi connectivity index (χ4n) is 2.56. The van der Waals surface area contributed by atoms with Gasteiger partial charge in [0, 0.05) is 11.5 Å². The van der Waals surface area contributed by atoms with E-state index in [2.05, 4.69) is 44.7 Å². The molecule has 8 nitrogen and oxygen atoms in total. The largest absolute Gasteiger partial charge is 0.459 e. The molecule has 0 unspecified atom stereocenters. The Morgan fingerprint density at radius 2 is 1.07 bits per heavy atom. The van der Waals surface area contributed by atoms with Crippen molar-refractivity contribution in [2.75, 3.05) is 0 Å². The van der Waals surface area contributed by atoms with Crippen molar-refractivity contribution in [1.82, 2.24) is 20.4 Å². The molecular formula is C20H14N4O4S2. The highest BCUT2D eigenvalue weighted by Gasteiger charge is 2.12. The van der Waals surface area contributed by atoms with E-state index in [1.165, 1.54) is 23.5 Å². The monoisotopic (exact) mass is 438 g/mol. The first kappa shape index (κ1) is 18.8. The molecule has 0 amide bonds. The highest BCUT2D eigenvalue weighted by Crippen LogP contribution is 2.28. The molecule has 0 aliphatic rings. The molecule has 0 atom stereocenters. The standard InChI is InChI=1S/C20H14N4O4S2/c1-3-15(25-9-1)17-21-23-19(27-17)29-11-13-5-7-14(8-6-13)12-30-20-24-22-18(28-20)16-4-2-10-26-16/h1-10H,11-12H2. The lowest BCUT2D eigenvalue weighted by atomic mass is 10.2. The van der Waals surface area contributed by atoms with Crippen molar-refractivity contribution < 1.29 is 17.7 Å². The van der Waals surface area contributed by atoms with Crippen molar-refractivity contribution in [2.45, 2.75) is 22.0 Å². The summed E-state index contributed by atoms with van der Waals surface area (Å²) in [5.74, 6) is 3.34. The quantitative estimate of drug-likeness (QED) is 0.286. The van der Waals surface area contributed by atoms with Crippen LogP contribution in [0.4, 0.5) is 0 Å². The first-order chi connectivity index (χ1) is 14.8. The van der Waals surface area contributed by atoms with Crippen LogP contribution >= 0.6 is 23.5 Å². The summed E-state index contributed by atoms with van der Waals surface area (Å²) in [4.78, 5) is 0. The zero-order valence-corrected chi connectivity index (χ0v) is 17.1. The van der Waals surface area contributed by atoms with Crippen molar-refractivity contribution in [2.24, 2.45) is 0 Å². The molecule has 10 heteroatoms. The molecule has 0 N–H and O–H groups in total. The minimum Gasteiger partial charge on any atom is -0.459 e. The van der Waals surface area contributed by atoms with Crippen LogP contribution in [0, 0.1) is 0 Å². The number of hydrogen-bond donors (Lipinski definition) is 0. The third-order valence-electron chi connectivity index (χ3n) is 4.02. The summed E-state index contributed by atoms with van der Waals surface area (Å²) in [6.45, 7) is 0. The maximum Gasteiger partial charge on any atom is 0.284 e. The van der Waals surface area contributed by atoms with E-state index in [1.807, 2.05) is 0 Å². The van der Waals surface area contributed by atoms with E-state index >= 15 is 0 Å². The molecular weight excluding hydrogens is 424 g/mol. The van der Waals surface area contributed by atoms with Gasteiger partial charge in [0.05, 0.1) is 12.5 Å². The van der Waals surface area contributed by atoms with Crippen molar-refractivity contribution in [3.05, 3.63) is 72.2 Å². The first-order valence-electron chi connectivity index (χ1n) is 8.92. The van der Waals surface area contributed by atoms with Crippen LogP contribution in [-0.2, 0) is 11.5 Å². The Hall–Kier alpha value is -3.24. The Morgan fingerprint density at radius 3 is 1.47 bits per heavy atom. The zero-order valence-electron chi connectivity index (χ0n) is 15.4. The molecule has 150 valence electrons. The van der Waals surface area contributed by atoms with Crippen LogP contribution < -0.4 is 0 Å². The smallest absolute Gasteiger partial charge is 0.284 e.